The summed E-state index contributed by atoms with van der Waals surface area (Å²) in [6, 6.07) is 12.2. The standard InChI is InChI=1S/C30H43N3O2/c1-32(2)11-6-10-31-20-27-16-28(34)29(22-33(27)21-23-7-4-3-5-8-23)35-12-9-30-17-24-13-25(18-30)15-26(14-24)19-30/h3-5,7-8,16,22,24-26,31H,6,9-15,17-21H2,1-2H3. The summed E-state index contributed by atoms with van der Waals surface area (Å²) in [4.78, 5) is 15.2. The second-order valence-corrected chi connectivity index (χ2v) is 12.0. The molecule has 1 aromatic heterocycles. The average Bonchev–Trinajstić information content (AvgIpc) is 2.81. The lowest BCUT2D eigenvalue weighted by Crippen LogP contribution is -2.46. The van der Waals surface area contributed by atoms with Gasteiger partial charge in [-0.2, -0.15) is 0 Å². The van der Waals surface area contributed by atoms with Crippen LogP contribution in [0.3, 0.4) is 0 Å². The molecule has 4 aliphatic carbocycles. The molecule has 4 fully saturated rings. The number of hydrogen-bond donors (Lipinski definition) is 1. The van der Waals surface area contributed by atoms with E-state index in [1.165, 1.54) is 44.1 Å². The molecule has 0 aliphatic heterocycles. The highest BCUT2D eigenvalue weighted by Gasteiger charge is 2.50. The summed E-state index contributed by atoms with van der Waals surface area (Å²) in [5, 5.41) is 3.52. The van der Waals surface area contributed by atoms with Crippen molar-refractivity contribution in [2.75, 3.05) is 33.8 Å². The minimum Gasteiger partial charge on any atom is -0.488 e. The summed E-state index contributed by atoms with van der Waals surface area (Å²) in [6.45, 7) is 4.07. The Labute approximate surface area is 210 Å². The van der Waals surface area contributed by atoms with Crippen LogP contribution in [0.25, 0.3) is 0 Å². The molecule has 5 nitrogen and oxygen atoms in total. The highest BCUT2D eigenvalue weighted by molar-refractivity contribution is 5.24. The summed E-state index contributed by atoms with van der Waals surface area (Å²) in [7, 11) is 4.19. The molecule has 2 aromatic rings. The van der Waals surface area contributed by atoms with E-state index in [1.54, 1.807) is 6.07 Å². The van der Waals surface area contributed by atoms with Crippen molar-refractivity contribution >= 4 is 0 Å². The van der Waals surface area contributed by atoms with Crippen LogP contribution in [0.2, 0.25) is 0 Å². The largest absolute Gasteiger partial charge is 0.488 e. The van der Waals surface area contributed by atoms with Crippen molar-refractivity contribution in [3.63, 3.8) is 0 Å². The Morgan fingerprint density at radius 2 is 1.74 bits per heavy atom. The molecule has 4 bridgehead atoms. The first-order chi connectivity index (χ1) is 17.0. The fourth-order valence-corrected chi connectivity index (χ4v) is 7.49. The van der Waals surface area contributed by atoms with Crippen LogP contribution in [0.15, 0.2) is 47.4 Å². The molecule has 0 unspecified atom stereocenters. The Balaban J connectivity index is 1.25. The van der Waals surface area contributed by atoms with E-state index in [2.05, 4.69) is 53.1 Å². The zero-order valence-electron chi connectivity index (χ0n) is 21.7. The number of ether oxygens (including phenoxy) is 1. The van der Waals surface area contributed by atoms with Crippen LogP contribution in [0.4, 0.5) is 0 Å². The van der Waals surface area contributed by atoms with Gasteiger partial charge in [-0.3, -0.25) is 4.79 Å². The maximum atomic E-state index is 13.0. The van der Waals surface area contributed by atoms with Crippen LogP contribution < -0.4 is 15.5 Å². The lowest BCUT2D eigenvalue weighted by Gasteiger charge is -2.57. The topological polar surface area (TPSA) is 46.5 Å². The van der Waals surface area contributed by atoms with Gasteiger partial charge in [0.05, 0.1) is 12.8 Å². The zero-order chi connectivity index (χ0) is 24.3. The molecule has 1 N–H and O–H groups in total. The third-order valence-electron chi connectivity index (χ3n) is 8.70. The van der Waals surface area contributed by atoms with Gasteiger partial charge in [-0.15, -0.1) is 0 Å². The van der Waals surface area contributed by atoms with Gasteiger partial charge >= 0.3 is 0 Å². The Kier molecular flexibility index (Phi) is 7.64. The third-order valence-corrected chi connectivity index (χ3v) is 8.70. The van der Waals surface area contributed by atoms with Crippen LogP contribution in [-0.4, -0.2) is 43.3 Å². The lowest BCUT2D eigenvalue weighted by molar-refractivity contribution is -0.0623. The highest BCUT2D eigenvalue weighted by Crippen LogP contribution is 2.61. The maximum Gasteiger partial charge on any atom is 0.223 e. The quantitative estimate of drug-likeness (QED) is 0.441. The van der Waals surface area contributed by atoms with Crippen molar-refractivity contribution < 1.29 is 4.74 Å². The van der Waals surface area contributed by atoms with Gasteiger partial charge in [0, 0.05) is 24.8 Å². The van der Waals surface area contributed by atoms with Gasteiger partial charge in [0.2, 0.25) is 5.43 Å². The Hall–Kier alpha value is -2.11. The number of benzene rings is 1. The van der Waals surface area contributed by atoms with E-state index in [0.717, 1.165) is 55.9 Å². The van der Waals surface area contributed by atoms with Gasteiger partial charge in [-0.25, -0.2) is 0 Å². The number of pyridine rings is 1. The van der Waals surface area contributed by atoms with Crippen molar-refractivity contribution in [2.24, 2.45) is 23.2 Å². The SMILES string of the molecule is CN(C)CCCNCc1cc(=O)c(OCCC23CC4CC(CC(C4)C2)C3)cn1Cc1ccccc1. The molecule has 5 heteroatoms. The molecule has 0 spiro atoms. The molecule has 1 heterocycles. The number of rotatable bonds is 12. The minimum atomic E-state index is 0.00455. The van der Waals surface area contributed by atoms with Crippen molar-refractivity contribution in [1.29, 1.82) is 0 Å². The summed E-state index contributed by atoms with van der Waals surface area (Å²) < 4.78 is 8.41. The minimum absolute atomic E-state index is 0.00455. The molecule has 35 heavy (non-hydrogen) atoms. The van der Waals surface area contributed by atoms with Gasteiger partial charge in [-0.1, -0.05) is 30.3 Å². The van der Waals surface area contributed by atoms with Crippen LogP contribution in [-0.2, 0) is 13.1 Å². The van der Waals surface area contributed by atoms with Gasteiger partial charge in [0.15, 0.2) is 5.75 Å². The first kappa shape index (κ1) is 24.6. The normalized spacial score (nSPS) is 27.0. The molecule has 0 atom stereocenters. The van der Waals surface area contributed by atoms with Crippen molar-refractivity contribution in [2.45, 2.75) is 64.5 Å². The Morgan fingerprint density at radius 1 is 1.06 bits per heavy atom. The molecular weight excluding hydrogens is 434 g/mol. The monoisotopic (exact) mass is 477 g/mol. The van der Waals surface area contributed by atoms with Crippen LogP contribution in [0.5, 0.6) is 5.75 Å². The van der Waals surface area contributed by atoms with E-state index < -0.39 is 0 Å². The highest BCUT2D eigenvalue weighted by atomic mass is 16.5. The summed E-state index contributed by atoms with van der Waals surface area (Å²) in [5.41, 5.74) is 2.72. The predicted molar refractivity (Wildman–Crippen MR) is 142 cm³/mol. The Morgan fingerprint density at radius 3 is 2.40 bits per heavy atom. The first-order valence-corrected chi connectivity index (χ1v) is 13.7. The second kappa shape index (κ2) is 10.9. The smallest absolute Gasteiger partial charge is 0.223 e. The number of hydrogen-bond acceptors (Lipinski definition) is 4. The molecular formula is C30H43N3O2. The molecule has 6 rings (SSSR count). The summed E-state index contributed by atoms with van der Waals surface area (Å²) >= 11 is 0. The number of aromatic nitrogens is 1. The molecule has 0 radical (unpaired) electrons. The van der Waals surface area contributed by atoms with E-state index in [1.807, 2.05) is 12.3 Å². The van der Waals surface area contributed by atoms with E-state index in [-0.39, 0.29) is 5.43 Å². The summed E-state index contributed by atoms with van der Waals surface area (Å²) in [5.74, 6) is 3.36. The van der Waals surface area contributed by atoms with E-state index in [0.29, 0.717) is 24.3 Å². The van der Waals surface area contributed by atoms with Crippen LogP contribution in [0, 0.1) is 23.2 Å². The molecule has 0 saturated heterocycles. The zero-order valence-corrected chi connectivity index (χ0v) is 21.7. The fourth-order valence-electron chi connectivity index (χ4n) is 7.49. The fraction of sp³-hybridized carbons (Fsp3) is 0.633. The van der Waals surface area contributed by atoms with Crippen LogP contribution in [0.1, 0.15) is 62.6 Å². The van der Waals surface area contributed by atoms with Gasteiger partial charge in [-0.05, 0) is 107 Å². The number of nitrogens with zero attached hydrogens (tertiary/aromatic N) is 2. The van der Waals surface area contributed by atoms with Gasteiger partial charge in [0.1, 0.15) is 0 Å². The second-order valence-electron chi connectivity index (χ2n) is 12.0. The van der Waals surface area contributed by atoms with Crippen molar-refractivity contribution in [3.8, 4) is 5.75 Å². The van der Waals surface area contributed by atoms with E-state index >= 15 is 0 Å². The van der Waals surface area contributed by atoms with Crippen LogP contribution >= 0.6 is 0 Å². The summed E-state index contributed by atoms with van der Waals surface area (Å²) in [6.07, 6.45) is 12.7. The molecule has 4 aliphatic rings. The van der Waals surface area contributed by atoms with Gasteiger partial charge in [0.25, 0.3) is 0 Å². The third kappa shape index (κ3) is 6.18. The molecule has 4 saturated carbocycles. The number of nitrogens with one attached hydrogen (secondary N) is 1. The maximum absolute atomic E-state index is 13.0. The Bertz CT molecular complexity index is 994. The van der Waals surface area contributed by atoms with Crippen molar-refractivity contribution in [1.82, 2.24) is 14.8 Å². The van der Waals surface area contributed by atoms with Crippen molar-refractivity contribution in [3.05, 3.63) is 64.1 Å². The molecule has 1 aromatic carbocycles. The lowest BCUT2D eigenvalue weighted by atomic mass is 9.49. The van der Waals surface area contributed by atoms with E-state index in [4.69, 9.17) is 4.74 Å². The first-order valence-electron chi connectivity index (χ1n) is 13.7. The van der Waals surface area contributed by atoms with E-state index in [9.17, 15) is 4.79 Å². The van der Waals surface area contributed by atoms with Gasteiger partial charge < -0.3 is 19.5 Å². The average molecular weight is 478 g/mol. The predicted octanol–water partition coefficient (Wildman–Crippen LogP) is 4.92. The molecule has 0 amide bonds. The molecule has 190 valence electrons.